The summed E-state index contributed by atoms with van der Waals surface area (Å²) in [6.45, 7) is -2.88. The van der Waals surface area contributed by atoms with Gasteiger partial charge < -0.3 is 9.47 Å². The summed E-state index contributed by atoms with van der Waals surface area (Å²) >= 11 is 0. The minimum absolute atomic E-state index is 0.152. The summed E-state index contributed by atoms with van der Waals surface area (Å²) in [6.07, 6.45) is 1.23. The number of aryl methyl sites for hydroxylation is 2. The Labute approximate surface area is 128 Å². The Hall–Kier alpha value is -2.65. The summed E-state index contributed by atoms with van der Waals surface area (Å²) in [7, 11) is 0. The molecule has 1 aromatic heterocycles. The van der Waals surface area contributed by atoms with Crippen LogP contribution in [-0.2, 0) is 0 Å². The number of ether oxygens (including phenoxy) is 2. The van der Waals surface area contributed by atoms with Gasteiger partial charge in [-0.1, -0.05) is 0 Å². The summed E-state index contributed by atoms with van der Waals surface area (Å²) in [5.41, 5.74) is 0.152. The van der Waals surface area contributed by atoms with Gasteiger partial charge in [-0.3, -0.25) is 0 Å². The first-order chi connectivity index (χ1) is 10.9. The Morgan fingerprint density at radius 3 is 2.22 bits per heavy atom. The Bertz CT molecular complexity index is 684. The molecule has 23 heavy (non-hydrogen) atoms. The number of hydrogen-bond donors (Lipinski definition) is 0. The Morgan fingerprint density at radius 2 is 1.65 bits per heavy atom. The van der Waals surface area contributed by atoms with Crippen LogP contribution >= 0.6 is 0 Å². The van der Waals surface area contributed by atoms with Crippen LogP contribution < -0.4 is 9.47 Å². The van der Waals surface area contributed by atoms with Gasteiger partial charge in [0.2, 0.25) is 0 Å². The highest BCUT2D eigenvalue weighted by Crippen LogP contribution is 2.26. The van der Waals surface area contributed by atoms with Crippen molar-refractivity contribution in [1.82, 2.24) is 14.9 Å². The molecule has 0 fully saturated rings. The van der Waals surface area contributed by atoms with Crippen LogP contribution in [-0.4, -0.2) is 34.3 Å². The summed E-state index contributed by atoms with van der Waals surface area (Å²) in [6, 6.07) is 3.40. The second kappa shape index (κ2) is 7.07. The largest absolute Gasteiger partial charge is 0.435 e. The van der Waals surface area contributed by atoms with Crippen molar-refractivity contribution in [2.75, 3.05) is 0 Å². The summed E-state index contributed by atoms with van der Waals surface area (Å²) in [5, 5.41) is 11.6. The van der Waals surface area contributed by atoms with E-state index in [0.717, 1.165) is 6.07 Å². The van der Waals surface area contributed by atoms with Gasteiger partial charge in [-0.05, 0) is 26.0 Å². The van der Waals surface area contributed by atoms with Gasteiger partial charge in [0.15, 0.2) is 11.6 Å². The first kappa shape index (κ1) is 16.7. The van der Waals surface area contributed by atoms with E-state index in [1.165, 1.54) is 23.0 Å². The molecule has 1 heterocycles. The lowest BCUT2D eigenvalue weighted by molar-refractivity contribution is -0.0543. The predicted molar refractivity (Wildman–Crippen MR) is 72.2 cm³/mol. The third kappa shape index (κ3) is 4.41. The van der Waals surface area contributed by atoms with Gasteiger partial charge >= 0.3 is 13.2 Å². The van der Waals surface area contributed by atoms with Crippen LogP contribution in [0.2, 0.25) is 0 Å². The van der Waals surface area contributed by atoms with Gasteiger partial charge in [0, 0.05) is 11.6 Å². The molecule has 0 amide bonds. The molecule has 0 unspecified atom stereocenters. The topological polar surface area (TPSA) is 61.5 Å². The Balaban J connectivity index is 2.33. The quantitative estimate of drug-likeness (QED) is 0.603. The minimum atomic E-state index is -3.12. The van der Waals surface area contributed by atoms with Crippen LogP contribution in [0, 0.1) is 13.8 Å². The lowest BCUT2D eigenvalue weighted by Crippen LogP contribution is -2.07. The van der Waals surface area contributed by atoms with Crippen molar-refractivity contribution in [3.63, 3.8) is 0 Å². The third-order valence-corrected chi connectivity index (χ3v) is 2.69. The highest BCUT2D eigenvalue weighted by atomic mass is 19.3. The highest BCUT2D eigenvalue weighted by molar-refractivity contribution is 5.83. The molecule has 0 radical (unpaired) electrons. The van der Waals surface area contributed by atoms with E-state index in [0.29, 0.717) is 11.6 Å². The van der Waals surface area contributed by atoms with Crippen molar-refractivity contribution in [1.29, 1.82) is 0 Å². The molecule has 0 bridgehead atoms. The molecule has 0 aliphatic carbocycles. The molecule has 0 saturated carbocycles. The average Bonchev–Trinajstić information content (AvgIpc) is 2.76. The molecule has 0 N–H and O–H groups in total. The van der Waals surface area contributed by atoms with E-state index in [1.54, 1.807) is 13.8 Å². The zero-order valence-electron chi connectivity index (χ0n) is 12.1. The van der Waals surface area contributed by atoms with Crippen LogP contribution in [0.25, 0.3) is 0 Å². The van der Waals surface area contributed by atoms with E-state index in [9.17, 15) is 17.6 Å². The molecule has 124 valence electrons. The van der Waals surface area contributed by atoms with Crippen molar-refractivity contribution in [3.05, 3.63) is 35.4 Å². The molecule has 10 heteroatoms. The molecule has 0 spiro atoms. The normalized spacial score (nSPS) is 11.7. The maximum atomic E-state index is 12.5. The number of halogens is 4. The van der Waals surface area contributed by atoms with E-state index in [-0.39, 0.29) is 17.1 Å². The molecule has 0 saturated heterocycles. The maximum Gasteiger partial charge on any atom is 0.387 e. The SMILES string of the molecule is Cc1nnc(C)n1N=Cc1ccc(OC(F)F)cc1OC(F)F. The highest BCUT2D eigenvalue weighted by Gasteiger charge is 2.13. The molecular formula is C13H12F4N4O2. The number of benzene rings is 1. The van der Waals surface area contributed by atoms with Crippen LogP contribution in [0.5, 0.6) is 11.5 Å². The fourth-order valence-corrected chi connectivity index (χ4v) is 1.75. The summed E-state index contributed by atoms with van der Waals surface area (Å²) < 4.78 is 59.1. The van der Waals surface area contributed by atoms with E-state index >= 15 is 0 Å². The van der Waals surface area contributed by atoms with E-state index in [4.69, 9.17) is 0 Å². The van der Waals surface area contributed by atoms with Crippen LogP contribution in [0.4, 0.5) is 17.6 Å². The van der Waals surface area contributed by atoms with E-state index in [1.807, 2.05) is 0 Å². The van der Waals surface area contributed by atoms with Gasteiger partial charge in [0.25, 0.3) is 0 Å². The molecule has 6 nitrogen and oxygen atoms in total. The second-order valence-electron chi connectivity index (χ2n) is 4.31. The molecule has 2 aromatic rings. The average molecular weight is 332 g/mol. The maximum absolute atomic E-state index is 12.5. The fraction of sp³-hybridized carbons (Fsp3) is 0.308. The molecule has 1 aromatic carbocycles. The van der Waals surface area contributed by atoms with Gasteiger partial charge in [0.1, 0.15) is 11.5 Å². The van der Waals surface area contributed by atoms with Crippen molar-refractivity contribution < 1.29 is 27.0 Å². The van der Waals surface area contributed by atoms with Gasteiger partial charge in [-0.2, -0.15) is 22.7 Å². The van der Waals surface area contributed by atoms with Crippen LogP contribution in [0.1, 0.15) is 17.2 Å². The second-order valence-corrected chi connectivity index (χ2v) is 4.31. The summed E-state index contributed by atoms with van der Waals surface area (Å²) in [5.74, 6) is 0.343. The van der Waals surface area contributed by atoms with E-state index in [2.05, 4.69) is 24.8 Å². The Morgan fingerprint density at radius 1 is 1.04 bits per heavy atom. The van der Waals surface area contributed by atoms with Crippen molar-refractivity contribution in [2.24, 2.45) is 5.10 Å². The van der Waals surface area contributed by atoms with Crippen LogP contribution in [0.15, 0.2) is 23.3 Å². The smallest absolute Gasteiger partial charge is 0.387 e. The number of rotatable bonds is 6. The number of alkyl halides is 4. The molecule has 0 aliphatic heterocycles. The standard InChI is InChI=1S/C13H12F4N4O2/c1-7-19-20-8(2)21(7)18-6-9-3-4-10(22-12(14)15)5-11(9)23-13(16)17/h3-6,12-13H,1-2H3. The van der Waals surface area contributed by atoms with E-state index < -0.39 is 13.2 Å². The first-order valence-corrected chi connectivity index (χ1v) is 6.33. The predicted octanol–water partition coefficient (Wildman–Crippen LogP) is 2.98. The molecule has 0 atom stereocenters. The first-order valence-electron chi connectivity index (χ1n) is 6.33. The van der Waals surface area contributed by atoms with Gasteiger partial charge in [-0.25, -0.2) is 4.68 Å². The zero-order valence-corrected chi connectivity index (χ0v) is 12.1. The Kier molecular flexibility index (Phi) is 5.14. The monoisotopic (exact) mass is 332 g/mol. The lowest BCUT2D eigenvalue weighted by Gasteiger charge is -2.10. The molecule has 0 aliphatic rings. The fourth-order valence-electron chi connectivity index (χ4n) is 1.75. The lowest BCUT2D eigenvalue weighted by atomic mass is 10.2. The van der Waals surface area contributed by atoms with Crippen molar-refractivity contribution in [3.8, 4) is 11.5 Å². The number of aromatic nitrogens is 3. The number of nitrogens with zero attached hydrogens (tertiary/aromatic N) is 4. The third-order valence-electron chi connectivity index (χ3n) is 2.69. The molecular weight excluding hydrogens is 320 g/mol. The number of hydrogen-bond acceptors (Lipinski definition) is 5. The van der Waals surface area contributed by atoms with Crippen molar-refractivity contribution in [2.45, 2.75) is 27.1 Å². The molecule has 2 rings (SSSR count). The van der Waals surface area contributed by atoms with Gasteiger partial charge in [-0.15, -0.1) is 10.2 Å². The minimum Gasteiger partial charge on any atom is -0.435 e. The van der Waals surface area contributed by atoms with Crippen molar-refractivity contribution >= 4 is 6.21 Å². The van der Waals surface area contributed by atoms with Gasteiger partial charge in [0.05, 0.1) is 6.21 Å². The van der Waals surface area contributed by atoms with Crippen LogP contribution in [0.3, 0.4) is 0 Å². The summed E-state index contributed by atoms with van der Waals surface area (Å²) in [4.78, 5) is 0. The zero-order chi connectivity index (χ0) is 17.0.